The molecule has 0 spiro atoms. The van der Waals surface area contributed by atoms with E-state index >= 15 is 0 Å². The number of carboxylic acid groups (broad SMARTS) is 1. The summed E-state index contributed by atoms with van der Waals surface area (Å²) in [6.07, 6.45) is -1.62. The van der Waals surface area contributed by atoms with Crippen molar-refractivity contribution in [3.63, 3.8) is 0 Å². The highest BCUT2D eigenvalue weighted by Crippen LogP contribution is 2.12. The Bertz CT molecular complexity index is 1780. The molecule has 2 aromatic rings. The average molecular weight is 831 g/mol. The number of carbonyl (C=O) groups is 8. The highest BCUT2D eigenvalue weighted by atomic mass is 16.7. The van der Waals surface area contributed by atoms with Gasteiger partial charge in [-0.05, 0) is 56.0 Å². The van der Waals surface area contributed by atoms with Gasteiger partial charge in [0.1, 0.15) is 29.9 Å². The Balaban J connectivity index is 2.04. The molecule has 6 atom stereocenters. The number of phenols is 1. The van der Waals surface area contributed by atoms with Crippen LogP contribution in [0.15, 0.2) is 54.6 Å². The van der Waals surface area contributed by atoms with E-state index in [2.05, 4.69) is 31.9 Å². The molecule has 0 aliphatic carbocycles. The first-order chi connectivity index (χ1) is 27.9. The van der Waals surface area contributed by atoms with E-state index in [1.54, 1.807) is 35.8 Å². The number of amides is 7. The van der Waals surface area contributed by atoms with Gasteiger partial charge in [-0.15, -0.1) is 5.43 Å². The Labute approximate surface area is 337 Å². The molecule has 59 heavy (non-hydrogen) atoms. The number of nitro groups is 1. The predicted octanol–water partition coefficient (Wildman–Crippen LogP) is -4.03. The minimum atomic E-state index is -1.71. The fourth-order valence-corrected chi connectivity index (χ4v) is 5.40. The summed E-state index contributed by atoms with van der Waals surface area (Å²) in [5.41, 5.74) is 13.5. The topological polar surface area (TPSA) is 377 Å². The normalized spacial score (nSPS) is 13.7. The standard InChI is InChI=1S/C36H50N10O13/c1-20(47)31(35(55)40-18-29(50)41-25(15-21-7-3-2-4-8-21)33(53)42-24(36(56)57)9-5-6-14-37)44-30(51)19-39-32(52)26(17-28(38)49)43-34(54)27(45-46(58)59)16-22-10-12-23(48)13-11-22/h2-4,7-8,10-13,20,24-27,31,45,47-48H,5-6,9,14-19,37H2,1H3,(H2,38,49)(H,39,52)(H,40,55)(H,41,50)(H,42,53)(H,43,54)(H,44,51)(H,56,57)/t20-,24+,25+,26+,27+,31+/m1/s1. The maximum Gasteiger partial charge on any atom is 0.326 e. The highest BCUT2D eigenvalue weighted by molar-refractivity contribution is 5.96. The summed E-state index contributed by atoms with van der Waals surface area (Å²) >= 11 is 0. The van der Waals surface area contributed by atoms with Crippen LogP contribution in [0.4, 0.5) is 0 Å². The van der Waals surface area contributed by atoms with Crippen LogP contribution in [0.25, 0.3) is 0 Å². The lowest BCUT2D eigenvalue weighted by Crippen LogP contribution is -2.58. The zero-order chi connectivity index (χ0) is 44.1. The summed E-state index contributed by atoms with van der Waals surface area (Å²) in [7, 11) is 0. The number of carbonyl (C=O) groups excluding carboxylic acids is 7. The Hall–Kier alpha value is -6.88. The molecular weight excluding hydrogens is 780 g/mol. The molecule has 0 unspecified atom stereocenters. The first-order valence-corrected chi connectivity index (χ1v) is 18.3. The summed E-state index contributed by atoms with van der Waals surface area (Å²) in [4.78, 5) is 113. The van der Waals surface area contributed by atoms with Gasteiger partial charge in [-0.1, -0.05) is 42.5 Å². The molecule has 0 radical (unpaired) electrons. The molecule has 0 saturated carbocycles. The van der Waals surface area contributed by atoms with Gasteiger partial charge < -0.3 is 58.7 Å². The molecule has 0 saturated heterocycles. The van der Waals surface area contributed by atoms with Crippen molar-refractivity contribution in [3.05, 3.63) is 75.8 Å². The van der Waals surface area contributed by atoms with Gasteiger partial charge in [0.2, 0.25) is 41.4 Å². The fourth-order valence-electron chi connectivity index (χ4n) is 5.40. The first kappa shape index (κ1) is 48.3. The lowest BCUT2D eigenvalue weighted by Gasteiger charge is -2.23. The van der Waals surface area contributed by atoms with Gasteiger partial charge in [0, 0.05) is 12.8 Å². The molecule has 0 aromatic heterocycles. The molecule has 2 aromatic carbocycles. The predicted molar refractivity (Wildman–Crippen MR) is 206 cm³/mol. The quantitative estimate of drug-likeness (QED) is 0.0244. The van der Waals surface area contributed by atoms with E-state index in [1.165, 1.54) is 24.3 Å². The van der Waals surface area contributed by atoms with Crippen LogP contribution >= 0.6 is 0 Å². The summed E-state index contributed by atoms with van der Waals surface area (Å²) in [6, 6.07) is 6.37. The Kier molecular flexibility index (Phi) is 20.2. The zero-order valence-corrected chi connectivity index (χ0v) is 32.1. The van der Waals surface area contributed by atoms with Crippen molar-refractivity contribution in [2.24, 2.45) is 11.5 Å². The van der Waals surface area contributed by atoms with Crippen LogP contribution in [0.2, 0.25) is 0 Å². The van der Waals surface area contributed by atoms with Crippen LogP contribution in [0.5, 0.6) is 5.75 Å². The van der Waals surface area contributed by atoms with E-state index in [-0.39, 0.29) is 25.0 Å². The first-order valence-electron chi connectivity index (χ1n) is 18.3. The van der Waals surface area contributed by atoms with Crippen molar-refractivity contribution in [2.75, 3.05) is 19.6 Å². The number of aromatic hydroxyl groups is 1. The molecule has 23 heteroatoms. The molecule has 0 aliphatic heterocycles. The van der Waals surface area contributed by atoms with Crippen LogP contribution in [-0.4, -0.2) is 124 Å². The van der Waals surface area contributed by atoms with E-state index in [4.69, 9.17) is 11.5 Å². The zero-order valence-electron chi connectivity index (χ0n) is 32.1. The van der Waals surface area contributed by atoms with Crippen molar-refractivity contribution in [1.29, 1.82) is 0 Å². The van der Waals surface area contributed by atoms with E-state index in [9.17, 15) is 63.8 Å². The second-order valence-corrected chi connectivity index (χ2v) is 13.3. The molecule has 322 valence electrons. The fraction of sp³-hybridized carbons (Fsp3) is 0.444. The SMILES string of the molecule is C[C@@H](O)[C@H](NC(=O)CNC(=O)[C@H](CC(N)=O)NC(=O)[C@H](Cc1ccc(O)cc1)N[N+](=O)[O-])C(=O)NCC(=O)N[C@@H](Cc1ccccc1)C(=O)N[C@@H](CCCCN)C(=O)O. The number of nitrogens with two attached hydrogens (primary N) is 2. The molecule has 0 aliphatic rings. The number of nitrogens with zero attached hydrogens (tertiary/aromatic N) is 1. The summed E-state index contributed by atoms with van der Waals surface area (Å²) in [5, 5.41) is 53.1. The molecule has 2 rings (SSSR count). The number of rotatable bonds is 26. The molecule has 14 N–H and O–H groups in total. The number of hydrogen-bond donors (Lipinski definition) is 12. The average Bonchev–Trinajstić information content (AvgIpc) is 3.17. The number of carboxylic acids is 1. The minimum Gasteiger partial charge on any atom is -0.508 e. The second kappa shape index (κ2) is 24.7. The van der Waals surface area contributed by atoms with E-state index in [0.29, 0.717) is 30.5 Å². The number of aliphatic hydroxyl groups excluding tert-OH is 1. The van der Waals surface area contributed by atoms with Crippen LogP contribution < -0.4 is 48.8 Å². The second-order valence-electron chi connectivity index (χ2n) is 13.3. The van der Waals surface area contributed by atoms with E-state index in [0.717, 1.165) is 6.92 Å². The summed E-state index contributed by atoms with van der Waals surface area (Å²) < 4.78 is 0. The van der Waals surface area contributed by atoms with Gasteiger partial charge >= 0.3 is 5.97 Å². The van der Waals surface area contributed by atoms with Gasteiger partial charge in [-0.25, -0.2) is 14.9 Å². The Morgan fingerprint density at radius 3 is 1.81 bits per heavy atom. The van der Waals surface area contributed by atoms with Crippen LogP contribution in [0, 0.1) is 10.1 Å². The van der Waals surface area contributed by atoms with Crippen molar-refractivity contribution < 1.29 is 58.7 Å². The molecule has 23 nitrogen and oxygen atoms in total. The highest BCUT2D eigenvalue weighted by Gasteiger charge is 2.32. The van der Waals surface area contributed by atoms with Gasteiger partial charge in [-0.3, -0.25) is 33.6 Å². The molecule has 0 heterocycles. The van der Waals surface area contributed by atoms with Crippen molar-refractivity contribution in [3.8, 4) is 5.75 Å². The number of unbranched alkanes of at least 4 members (excludes halogenated alkanes) is 1. The molecule has 0 bridgehead atoms. The maximum atomic E-state index is 13.2. The van der Waals surface area contributed by atoms with Crippen LogP contribution in [0.1, 0.15) is 43.7 Å². The number of aliphatic carboxylic acids is 1. The maximum absolute atomic E-state index is 13.2. The lowest BCUT2D eigenvalue weighted by molar-refractivity contribution is -0.548. The number of primary amides is 1. The van der Waals surface area contributed by atoms with Crippen LogP contribution in [-0.2, 0) is 51.2 Å². The van der Waals surface area contributed by atoms with Crippen molar-refractivity contribution in [2.45, 2.75) is 81.8 Å². The number of benzene rings is 2. The van der Waals surface area contributed by atoms with E-state index < -0.39 is 108 Å². The smallest absolute Gasteiger partial charge is 0.326 e. The third kappa shape index (κ3) is 18.3. The minimum absolute atomic E-state index is 0.0419. The van der Waals surface area contributed by atoms with E-state index in [1.807, 2.05) is 0 Å². The number of phenolic OH excluding ortho intramolecular Hbond substituents is 1. The third-order valence-corrected chi connectivity index (χ3v) is 8.42. The monoisotopic (exact) mass is 830 g/mol. The number of aliphatic hydroxyl groups is 1. The van der Waals surface area contributed by atoms with Crippen LogP contribution in [0.3, 0.4) is 0 Å². The Morgan fingerprint density at radius 1 is 0.712 bits per heavy atom. The Morgan fingerprint density at radius 2 is 1.25 bits per heavy atom. The molecule has 7 amide bonds. The number of nitrogens with one attached hydrogen (secondary N) is 7. The van der Waals surface area contributed by atoms with Crippen molar-refractivity contribution >= 4 is 47.3 Å². The van der Waals surface area contributed by atoms with Gasteiger partial charge in [0.15, 0.2) is 11.1 Å². The van der Waals surface area contributed by atoms with Gasteiger partial charge in [0.25, 0.3) is 0 Å². The van der Waals surface area contributed by atoms with Crippen molar-refractivity contribution in [1.82, 2.24) is 37.3 Å². The third-order valence-electron chi connectivity index (χ3n) is 8.42. The van der Waals surface area contributed by atoms with Gasteiger partial charge in [-0.2, -0.15) is 0 Å². The molecule has 0 fully saturated rings. The largest absolute Gasteiger partial charge is 0.508 e. The summed E-state index contributed by atoms with van der Waals surface area (Å²) in [5.74, 6) is -8.44. The number of hydrazine groups is 1. The van der Waals surface area contributed by atoms with Gasteiger partial charge in [0.05, 0.1) is 25.6 Å². The summed E-state index contributed by atoms with van der Waals surface area (Å²) in [6.45, 7) is -0.151. The number of hydrogen-bond acceptors (Lipinski definition) is 13. The molecular formula is C36H50N10O13. The lowest BCUT2D eigenvalue weighted by atomic mass is 10.0.